The summed E-state index contributed by atoms with van der Waals surface area (Å²) in [5, 5.41) is 3.33. The van der Waals surface area contributed by atoms with E-state index in [0.717, 1.165) is 23.5 Å². The molecule has 1 aliphatic carbocycles. The molecule has 4 rings (SSSR count). The van der Waals surface area contributed by atoms with Gasteiger partial charge in [0.2, 0.25) is 10.0 Å². The van der Waals surface area contributed by atoms with Crippen LogP contribution in [0.4, 0.5) is 0 Å². The Kier molecular flexibility index (Phi) is 6.29. The van der Waals surface area contributed by atoms with Crippen molar-refractivity contribution in [2.24, 2.45) is 0 Å². The molecule has 0 N–H and O–H groups in total. The van der Waals surface area contributed by atoms with Crippen molar-refractivity contribution in [3.8, 4) is 11.5 Å². The van der Waals surface area contributed by atoms with Gasteiger partial charge in [0, 0.05) is 16.4 Å². The first-order valence-electron chi connectivity index (χ1n) is 9.43. The number of hydrogen-bond acceptors (Lipinski definition) is 6. The molecule has 1 aliphatic rings. The number of rotatable bonds is 9. The molecule has 0 amide bonds. The van der Waals surface area contributed by atoms with Gasteiger partial charge in [0.15, 0.2) is 0 Å². The first kappa shape index (κ1) is 21.1. The van der Waals surface area contributed by atoms with Gasteiger partial charge in [0.1, 0.15) is 23.1 Å². The zero-order valence-corrected chi connectivity index (χ0v) is 18.7. The predicted molar refractivity (Wildman–Crippen MR) is 117 cm³/mol. The summed E-state index contributed by atoms with van der Waals surface area (Å²) in [6, 6.07) is 13.6. The third-order valence-corrected chi connectivity index (χ3v) is 7.75. The Morgan fingerprint density at radius 2 is 1.77 bits per heavy atom. The zero-order valence-electron chi connectivity index (χ0n) is 16.3. The first-order valence-corrected chi connectivity index (χ1v) is 12.1. The summed E-state index contributed by atoms with van der Waals surface area (Å²) < 4.78 is 38.8. The summed E-state index contributed by atoms with van der Waals surface area (Å²) in [4.78, 5) is 4.83. The van der Waals surface area contributed by atoms with Gasteiger partial charge in [-0.1, -0.05) is 11.6 Å². The Morgan fingerprint density at radius 1 is 1.10 bits per heavy atom. The van der Waals surface area contributed by atoms with E-state index >= 15 is 0 Å². The lowest BCUT2D eigenvalue weighted by molar-refractivity contribution is 0.305. The van der Waals surface area contributed by atoms with Crippen LogP contribution in [0.3, 0.4) is 0 Å². The monoisotopic (exact) mass is 464 g/mol. The van der Waals surface area contributed by atoms with E-state index in [4.69, 9.17) is 21.1 Å². The van der Waals surface area contributed by atoms with Crippen molar-refractivity contribution < 1.29 is 17.9 Å². The molecule has 0 bridgehead atoms. The van der Waals surface area contributed by atoms with Crippen molar-refractivity contribution in [1.82, 2.24) is 9.29 Å². The molecule has 9 heteroatoms. The molecular formula is C21H21ClN2O4S2. The average molecular weight is 465 g/mol. The Bertz CT molecular complexity index is 1090. The average Bonchev–Trinajstić information content (AvgIpc) is 3.50. The maximum Gasteiger partial charge on any atom is 0.243 e. The van der Waals surface area contributed by atoms with Crippen molar-refractivity contribution in [2.45, 2.75) is 36.9 Å². The maximum atomic E-state index is 13.2. The largest absolute Gasteiger partial charge is 0.497 e. The summed E-state index contributed by atoms with van der Waals surface area (Å²) in [6.45, 7) is 0.567. The predicted octanol–water partition coefficient (Wildman–Crippen LogP) is 4.74. The highest BCUT2D eigenvalue weighted by atomic mass is 35.5. The van der Waals surface area contributed by atoms with E-state index in [0.29, 0.717) is 23.1 Å². The van der Waals surface area contributed by atoms with Crippen molar-refractivity contribution in [3.05, 3.63) is 69.6 Å². The normalized spacial score (nSPS) is 14.1. The number of thiazole rings is 1. The van der Waals surface area contributed by atoms with Crippen LogP contribution in [0.1, 0.15) is 23.5 Å². The van der Waals surface area contributed by atoms with Crippen LogP contribution >= 0.6 is 22.9 Å². The van der Waals surface area contributed by atoms with Crippen molar-refractivity contribution in [2.75, 3.05) is 7.11 Å². The van der Waals surface area contributed by atoms with E-state index in [1.165, 1.54) is 11.3 Å². The lowest BCUT2D eigenvalue weighted by atomic mass is 10.3. The summed E-state index contributed by atoms with van der Waals surface area (Å²) in [7, 11) is -2.06. The van der Waals surface area contributed by atoms with Crippen molar-refractivity contribution in [3.63, 3.8) is 0 Å². The van der Waals surface area contributed by atoms with Gasteiger partial charge in [0.25, 0.3) is 0 Å². The first-order chi connectivity index (χ1) is 14.5. The van der Waals surface area contributed by atoms with Gasteiger partial charge in [0.05, 0.1) is 24.2 Å². The highest BCUT2D eigenvalue weighted by Gasteiger charge is 2.38. The van der Waals surface area contributed by atoms with E-state index in [2.05, 4.69) is 4.98 Å². The highest BCUT2D eigenvalue weighted by Crippen LogP contribution is 2.34. The number of ether oxygens (including phenoxy) is 2. The molecule has 0 radical (unpaired) electrons. The minimum Gasteiger partial charge on any atom is -0.497 e. The molecule has 2 aromatic carbocycles. The van der Waals surface area contributed by atoms with E-state index < -0.39 is 10.0 Å². The third kappa shape index (κ3) is 4.95. The highest BCUT2D eigenvalue weighted by molar-refractivity contribution is 7.89. The van der Waals surface area contributed by atoms with E-state index in [9.17, 15) is 8.42 Å². The fourth-order valence-electron chi connectivity index (χ4n) is 2.98. The standard InChI is InChI=1S/C21H21ClN2O4S2/c1-27-18-8-10-20(11-9-18)30(25,26)24(17-4-5-17)12-16-14-29-21(23-16)13-28-19-6-2-15(22)3-7-19/h2-3,6-11,14,17H,4-5,12-13H2,1H3. The van der Waals surface area contributed by atoms with Gasteiger partial charge in [-0.05, 0) is 61.4 Å². The second-order valence-electron chi connectivity index (χ2n) is 6.93. The van der Waals surface area contributed by atoms with Crippen LogP contribution in [0.2, 0.25) is 5.02 Å². The van der Waals surface area contributed by atoms with E-state index in [-0.39, 0.29) is 17.5 Å². The van der Waals surface area contributed by atoms with Crippen LogP contribution in [0.5, 0.6) is 11.5 Å². The molecule has 1 fully saturated rings. The number of nitrogens with zero attached hydrogens (tertiary/aromatic N) is 2. The fraction of sp³-hybridized carbons (Fsp3) is 0.286. The zero-order chi connectivity index (χ0) is 21.1. The fourth-order valence-corrected chi connectivity index (χ4v) is 5.46. The molecule has 0 spiro atoms. The third-order valence-electron chi connectivity index (χ3n) is 4.71. The Morgan fingerprint density at radius 3 is 2.40 bits per heavy atom. The van der Waals surface area contributed by atoms with Gasteiger partial charge in [-0.2, -0.15) is 4.31 Å². The van der Waals surface area contributed by atoms with Crippen LogP contribution in [-0.2, 0) is 23.2 Å². The molecule has 1 heterocycles. The summed E-state index contributed by atoms with van der Waals surface area (Å²) >= 11 is 7.34. The lowest BCUT2D eigenvalue weighted by Crippen LogP contribution is -2.32. The van der Waals surface area contributed by atoms with Crippen molar-refractivity contribution in [1.29, 1.82) is 0 Å². The van der Waals surface area contributed by atoms with Gasteiger partial charge in [-0.3, -0.25) is 0 Å². The molecule has 30 heavy (non-hydrogen) atoms. The minimum absolute atomic E-state index is 0.0209. The minimum atomic E-state index is -3.61. The molecule has 0 saturated heterocycles. The van der Waals surface area contributed by atoms with Crippen LogP contribution in [-0.4, -0.2) is 30.9 Å². The smallest absolute Gasteiger partial charge is 0.243 e. The van der Waals surface area contributed by atoms with Gasteiger partial charge >= 0.3 is 0 Å². The molecule has 0 aliphatic heterocycles. The molecule has 6 nitrogen and oxygen atoms in total. The SMILES string of the molecule is COc1ccc(S(=O)(=O)N(Cc2csc(COc3ccc(Cl)cc3)n2)C2CC2)cc1. The number of benzene rings is 2. The topological polar surface area (TPSA) is 68.7 Å². The van der Waals surface area contributed by atoms with Crippen LogP contribution in [0.25, 0.3) is 0 Å². The van der Waals surface area contributed by atoms with Crippen molar-refractivity contribution >= 4 is 33.0 Å². The quantitative estimate of drug-likeness (QED) is 0.457. The molecule has 1 aromatic heterocycles. The number of hydrogen-bond donors (Lipinski definition) is 0. The number of methoxy groups -OCH3 is 1. The lowest BCUT2D eigenvalue weighted by Gasteiger charge is -2.21. The molecule has 158 valence electrons. The molecule has 3 aromatic rings. The maximum absolute atomic E-state index is 13.2. The summed E-state index contributed by atoms with van der Waals surface area (Å²) in [6.07, 6.45) is 1.73. The number of sulfonamides is 1. The number of aromatic nitrogens is 1. The Balaban J connectivity index is 1.45. The molecular weight excluding hydrogens is 444 g/mol. The van der Waals surface area contributed by atoms with Crippen LogP contribution in [0, 0.1) is 0 Å². The van der Waals surface area contributed by atoms with Crippen LogP contribution < -0.4 is 9.47 Å². The molecule has 1 saturated carbocycles. The molecule has 0 unspecified atom stereocenters. The Hall–Kier alpha value is -2.13. The van der Waals surface area contributed by atoms with E-state index in [1.54, 1.807) is 59.9 Å². The van der Waals surface area contributed by atoms with E-state index in [1.807, 2.05) is 5.38 Å². The summed E-state index contributed by atoms with van der Waals surface area (Å²) in [5.74, 6) is 1.33. The number of halogens is 1. The van der Waals surface area contributed by atoms with Gasteiger partial charge in [-0.25, -0.2) is 13.4 Å². The van der Waals surface area contributed by atoms with Gasteiger partial charge < -0.3 is 9.47 Å². The second-order valence-corrected chi connectivity index (χ2v) is 10.2. The summed E-state index contributed by atoms with van der Waals surface area (Å²) in [5.41, 5.74) is 0.721. The Labute approximate surface area is 185 Å². The second kappa shape index (κ2) is 8.93. The van der Waals surface area contributed by atoms with Gasteiger partial charge in [-0.15, -0.1) is 11.3 Å². The molecule has 0 atom stereocenters. The van der Waals surface area contributed by atoms with Crippen LogP contribution in [0.15, 0.2) is 58.8 Å².